The molecule has 0 aliphatic carbocycles. The van der Waals surface area contributed by atoms with Gasteiger partial charge in [0.1, 0.15) is 5.82 Å². The van der Waals surface area contributed by atoms with Crippen molar-refractivity contribution in [1.29, 1.82) is 0 Å². The summed E-state index contributed by atoms with van der Waals surface area (Å²) in [5.74, 6) is -0.0974. The minimum Gasteiger partial charge on any atom is -0.395 e. The highest BCUT2D eigenvalue weighted by Gasteiger charge is 2.20. The van der Waals surface area contributed by atoms with Crippen molar-refractivity contribution in [3.05, 3.63) is 35.6 Å². The Bertz CT molecular complexity index is 357. The average molecular weight is 254 g/mol. The van der Waals surface area contributed by atoms with E-state index in [4.69, 9.17) is 0 Å². The fraction of sp³-hybridized carbons (Fsp3) is 0.571. The van der Waals surface area contributed by atoms with Gasteiger partial charge < -0.3 is 10.4 Å². The third kappa shape index (κ3) is 4.05. The lowest BCUT2D eigenvalue weighted by molar-refractivity contribution is 0.155. The van der Waals surface area contributed by atoms with Gasteiger partial charge in [-0.3, -0.25) is 0 Å². The maximum Gasteiger partial charge on any atom is 0.127 e. The molecule has 1 aromatic carbocycles. The van der Waals surface area contributed by atoms with Gasteiger partial charge in [0.2, 0.25) is 0 Å². The second kappa shape index (κ2) is 7.46. The Hall–Kier alpha value is -0.970. The zero-order valence-corrected chi connectivity index (χ0v) is 10.9. The first kappa shape index (κ1) is 15.1. The molecule has 2 atom stereocenters. The molecular formula is C14H21FNO2. The first-order valence-corrected chi connectivity index (χ1v) is 6.29. The summed E-state index contributed by atoms with van der Waals surface area (Å²) in [5, 5.41) is 23.3. The molecule has 0 aromatic heterocycles. The summed E-state index contributed by atoms with van der Waals surface area (Å²) in [6, 6.07) is 5.96. The van der Waals surface area contributed by atoms with Gasteiger partial charge in [-0.15, -0.1) is 0 Å². The fourth-order valence-corrected chi connectivity index (χ4v) is 1.92. The first-order valence-electron chi connectivity index (χ1n) is 6.29. The second-order valence-corrected chi connectivity index (χ2v) is 4.77. The molecule has 4 heteroatoms. The second-order valence-electron chi connectivity index (χ2n) is 4.77. The van der Waals surface area contributed by atoms with Gasteiger partial charge in [-0.2, -0.15) is 0 Å². The Balaban J connectivity index is 2.86. The van der Waals surface area contributed by atoms with Crippen LogP contribution in [0.5, 0.6) is 0 Å². The van der Waals surface area contributed by atoms with Crippen LogP contribution in [0.15, 0.2) is 24.3 Å². The van der Waals surface area contributed by atoms with Crippen molar-refractivity contribution < 1.29 is 14.6 Å². The monoisotopic (exact) mass is 254 g/mol. The lowest BCUT2D eigenvalue weighted by atomic mass is 9.99. The van der Waals surface area contributed by atoms with E-state index in [0.717, 1.165) is 0 Å². The Kier molecular flexibility index (Phi) is 6.25. The molecule has 2 N–H and O–H groups in total. The summed E-state index contributed by atoms with van der Waals surface area (Å²) >= 11 is 0. The van der Waals surface area contributed by atoms with Crippen LogP contribution in [-0.4, -0.2) is 24.4 Å². The molecule has 0 saturated carbocycles. The number of nitrogens with one attached hydrogen (secondary N) is 1. The van der Waals surface area contributed by atoms with Gasteiger partial charge in [-0.05, 0) is 18.4 Å². The minimum absolute atomic E-state index is 0.0263. The Morgan fingerprint density at radius 2 is 2.00 bits per heavy atom. The van der Waals surface area contributed by atoms with Gasteiger partial charge in [0.15, 0.2) is 0 Å². The van der Waals surface area contributed by atoms with Crippen LogP contribution in [0.2, 0.25) is 0 Å². The van der Waals surface area contributed by atoms with Crippen molar-refractivity contribution in [2.45, 2.75) is 32.4 Å². The molecule has 0 aliphatic rings. The summed E-state index contributed by atoms with van der Waals surface area (Å²) in [6.45, 7) is 3.65. The molecule has 0 fully saturated rings. The topological polar surface area (TPSA) is 52.2 Å². The molecule has 0 aliphatic heterocycles. The number of halogens is 1. The molecule has 1 aromatic rings. The third-order valence-electron chi connectivity index (χ3n) is 3.10. The lowest BCUT2D eigenvalue weighted by Crippen LogP contribution is -2.40. The zero-order valence-electron chi connectivity index (χ0n) is 10.9. The average Bonchev–Trinajstić information content (AvgIpc) is 2.35. The van der Waals surface area contributed by atoms with E-state index in [2.05, 4.69) is 5.32 Å². The van der Waals surface area contributed by atoms with E-state index in [-0.39, 0.29) is 37.0 Å². The molecule has 0 heterocycles. The largest absolute Gasteiger partial charge is 0.395 e. The van der Waals surface area contributed by atoms with Crippen LogP contribution < -0.4 is 5.32 Å². The Morgan fingerprint density at radius 1 is 1.33 bits per heavy atom. The van der Waals surface area contributed by atoms with Gasteiger partial charge in [0.05, 0.1) is 13.2 Å². The van der Waals surface area contributed by atoms with E-state index in [1.165, 1.54) is 6.07 Å². The number of benzene rings is 1. The van der Waals surface area contributed by atoms with E-state index in [1.54, 1.807) is 18.2 Å². The van der Waals surface area contributed by atoms with Crippen molar-refractivity contribution in [3.63, 3.8) is 0 Å². The van der Waals surface area contributed by atoms with Crippen molar-refractivity contribution in [2.75, 3.05) is 13.2 Å². The number of aliphatic hydroxyl groups is 1. The first-order chi connectivity index (χ1) is 8.60. The molecule has 1 rings (SSSR count). The molecule has 101 valence electrons. The van der Waals surface area contributed by atoms with Crippen molar-refractivity contribution >= 4 is 0 Å². The highest BCUT2D eigenvalue weighted by molar-refractivity contribution is 5.21. The van der Waals surface area contributed by atoms with E-state index in [1.807, 2.05) is 13.8 Å². The lowest BCUT2D eigenvalue weighted by Gasteiger charge is -2.27. The van der Waals surface area contributed by atoms with E-state index in [0.29, 0.717) is 12.0 Å². The van der Waals surface area contributed by atoms with Crippen LogP contribution >= 0.6 is 0 Å². The SMILES string of the molecule is CC(C)C(CO)NC(CC[O])c1ccccc1F. The normalized spacial score (nSPS) is 14.8. The fourth-order valence-electron chi connectivity index (χ4n) is 1.92. The molecule has 0 bridgehead atoms. The smallest absolute Gasteiger partial charge is 0.127 e. The highest BCUT2D eigenvalue weighted by Crippen LogP contribution is 2.21. The number of hydrogen-bond acceptors (Lipinski definition) is 2. The zero-order chi connectivity index (χ0) is 13.5. The summed E-state index contributed by atoms with van der Waals surface area (Å²) in [7, 11) is 0. The molecule has 3 nitrogen and oxygen atoms in total. The maximum atomic E-state index is 13.7. The molecule has 2 unspecified atom stereocenters. The van der Waals surface area contributed by atoms with Crippen molar-refractivity contribution in [2.24, 2.45) is 5.92 Å². The Labute approximate surface area is 108 Å². The van der Waals surface area contributed by atoms with Gasteiger partial charge in [-0.25, -0.2) is 9.50 Å². The summed E-state index contributed by atoms with van der Waals surface area (Å²) in [4.78, 5) is 0. The van der Waals surface area contributed by atoms with Crippen molar-refractivity contribution in [1.82, 2.24) is 5.32 Å². The molecule has 1 radical (unpaired) electrons. The number of aliphatic hydroxyl groups excluding tert-OH is 1. The maximum absolute atomic E-state index is 13.7. The molecule has 0 spiro atoms. The van der Waals surface area contributed by atoms with Gasteiger partial charge in [-0.1, -0.05) is 32.0 Å². The van der Waals surface area contributed by atoms with E-state index >= 15 is 0 Å². The predicted octanol–water partition coefficient (Wildman–Crippen LogP) is 2.29. The van der Waals surface area contributed by atoms with Crippen LogP contribution in [0.1, 0.15) is 31.9 Å². The number of hydrogen-bond donors (Lipinski definition) is 2. The van der Waals surface area contributed by atoms with Crippen LogP contribution in [-0.2, 0) is 5.11 Å². The van der Waals surface area contributed by atoms with Gasteiger partial charge >= 0.3 is 0 Å². The van der Waals surface area contributed by atoms with E-state index in [9.17, 15) is 14.6 Å². The van der Waals surface area contributed by atoms with Crippen LogP contribution in [0, 0.1) is 11.7 Å². The van der Waals surface area contributed by atoms with E-state index < -0.39 is 0 Å². The van der Waals surface area contributed by atoms with Crippen LogP contribution in [0.4, 0.5) is 4.39 Å². The number of rotatable bonds is 7. The molecule has 0 saturated heterocycles. The molecule has 18 heavy (non-hydrogen) atoms. The van der Waals surface area contributed by atoms with Crippen LogP contribution in [0.25, 0.3) is 0 Å². The summed E-state index contributed by atoms with van der Waals surface area (Å²) in [6.07, 6.45) is 0.310. The highest BCUT2D eigenvalue weighted by atomic mass is 19.1. The molecule has 0 amide bonds. The van der Waals surface area contributed by atoms with Crippen LogP contribution in [0.3, 0.4) is 0 Å². The quantitative estimate of drug-likeness (QED) is 0.784. The third-order valence-corrected chi connectivity index (χ3v) is 3.10. The molecular weight excluding hydrogens is 233 g/mol. The predicted molar refractivity (Wildman–Crippen MR) is 68.2 cm³/mol. The summed E-state index contributed by atoms with van der Waals surface area (Å²) < 4.78 is 13.7. The van der Waals surface area contributed by atoms with Crippen molar-refractivity contribution in [3.8, 4) is 0 Å². The minimum atomic E-state index is -0.344. The van der Waals surface area contributed by atoms with Gasteiger partial charge in [0.25, 0.3) is 0 Å². The summed E-state index contributed by atoms with van der Waals surface area (Å²) in [5.41, 5.74) is 0.493. The Morgan fingerprint density at radius 3 is 2.50 bits per heavy atom. The van der Waals surface area contributed by atoms with Gasteiger partial charge in [0, 0.05) is 17.6 Å². The standard InChI is InChI=1S/C14H21FNO2/c1-10(2)14(9-18)16-13(7-8-17)11-5-3-4-6-12(11)15/h3-6,10,13-14,16,18H,7-9H2,1-2H3.